The van der Waals surface area contributed by atoms with Crippen molar-refractivity contribution < 1.29 is 8.69 Å². The van der Waals surface area contributed by atoms with Gasteiger partial charge in [0.15, 0.2) is 7.05 Å². The fourth-order valence-corrected chi connectivity index (χ4v) is 1.78. The number of nitrogens with zero attached hydrogens (tertiary/aromatic N) is 1. The SMILES string of the molecule is C[n+]1sccc1OCc1ccccc1. The van der Waals surface area contributed by atoms with Crippen molar-refractivity contribution in [3.05, 3.63) is 47.3 Å². The Morgan fingerprint density at radius 1 is 1.21 bits per heavy atom. The van der Waals surface area contributed by atoms with E-state index in [1.54, 1.807) is 11.5 Å². The average Bonchev–Trinajstić information content (AvgIpc) is 2.63. The van der Waals surface area contributed by atoms with Gasteiger partial charge in [0.2, 0.25) is 0 Å². The van der Waals surface area contributed by atoms with Crippen LogP contribution in [0.1, 0.15) is 5.56 Å². The van der Waals surface area contributed by atoms with Crippen LogP contribution in [-0.2, 0) is 13.7 Å². The Morgan fingerprint density at radius 3 is 2.64 bits per heavy atom. The van der Waals surface area contributed by atoms with Gasteiger partial charge in [-0.15, -0.1) is 3.96 Å². The van der Waals surface area contributed by atoms with E-state index in [-0.39, 0.29) is 0 Å². The molecule has 0 saturated carbocycles. The Kier molecular flexibility index (Phi) is 2.79. The Balaban J connectivity index is 1.99. The van der Waals surface area contributed by atoms with Gasteiger partial charge in [-0.05, 0) is 5.56 Å². The smallest absolute Gasteiger partial charge is 0.382 e. The van der Waals surface area contributed by atoms with Gasteiger partial charge in [0.25, 0.3) is 0 Å². The summed E-state index contributed by atoms with van der Waals surface area (Å²) in [6, 6.07) is 12.2. The summed E-state index contributed by atoms with van der Waals surface area (Å²) in [7, 11) is 1.99. The molecule has 0 bridgehead atoms. The number of rotatable bonds is 3. The molecule has 0 saturated heterocycles. The van der Waals surface area contributed by atoms with Gasteiger partial charge in [-0.2, -0.15) is 0 Å². The predicted molar refractivity (Wildman–Crippen MR) is 56.3 cm³/mol. The highest BCUT2D eigenvalue weighted by atomic mass is 32.1. The van der Waals surface area contributed by atoms with E-state index in [4.69, 9.17) is 4.74 Å². The number of hydrogen-bond donors (Lipinski definition) is 0. The molecule has 0 aliphatic rings. The minimum absolute atomic E-state index is 0.630. The minimum Gasteiger partial charge on any atom is -0.439 e. The number of ether oxygens (including phenoxy) is 1. The molecule has 1 heterocycles. The van der Waals surface area contributed by atoms with E-state index < -0.39 is 0 Å². The second-order valence-electron chi connectivity index (χ2n) is 3.02. The van der Waals surface area contributed by atoms with Crippen molar-refractivity contribution in [2.45, 2.75) is 6.61 Å². The van der Waals surface area contributed by atoms with E-state index in [0.717, 1.165) is 5.88 Å². The van der Waals surface area contributed by atoms with E-state index >= 15 is 0 Å². The first kappa shape index (κ1) is 9.21. The van der Waals surface area contributed by atoms with Gasteiger partial charge in [0, 0.05) is 0 Å². The quantitative estimate of drug-likeness (QED) is 0.701. The first-order chi connectivity index (χ1) is 6.86. The molecule has 0 atom stereocenters. The molecule has 0 aliphatic carbocycles. The fraction of sp³-hybridized carbons (Fsp3) is 0.182. The van der Waals surface area contributed by atoms with Crippen LogP contribution in [0, 0.1) is 0 Å². The maximum atomic E-state index is 5.64. The molecule has 0 fully saturated rings. The molecule has 1 aromatic heterocycles. The Bertz CT molecular complexity index is 397. The summed E-state index contributed by atoms with van der Waals surface area (Å²) in [4.78, 5) is 0. The van der Waals surface area contributed by atoms with Crippen LogP contribution in [0.3, 0.4) is 0 Å². The molecule has 0 unspecified atom stereocenters. The zero-order chi connectivity index (χ0) is 9.80. The van der Waals surface area contributed by atoms with E-state index in [2.05, 4.69) is 12.1 Å². The standard InChI is InChI=1S/C11H12NOS/c1-12-11(7-8-14-12)13-9-10-5-3-2-4-6-10/h2-8H,9H2,1H3/q+1. The van der Waals surface area contributed by atoms with Crippen LogP contribution >= 0.6 is 11.5 Å². The lowest BCUT2D eigenvalue weighted by Gasteiger charge is -2.00. The molecule has 0 spiro atoms. The molecule has 2 rings (SSSR count). The number of hydrogen-bond acceptors (Lipinski definition) is 2. The molecule has 2 nitrogen and oxygen atoms in total. The largest absolute Gasteiger partial charge is 0.439 e. The van der Waals surface area contributed by atoms with E-state index in [1.165, 1.54) is 5.56 Å². The summed E-state index contributed by atoms with van der Waals surface area (Å²) in [6.45, 7) is 0.630. The maximum absolute atomic E-state index is 5.64. The maximum Gasteiger partial charge on any atom is 0.382 e. The molecule has 3 heteroatoms. The van der Waals surface area contributed by atoms with Crippen LogP contribution in [0.15, 0.2) is 41.8 Å². The lowest BCUT2D eigenvalue weighted by atomic mass is 10.2. The van der Waals surface area contributed by atoms with Crippen molar-refractivity contribution in [2.75, 3.05) is 0 Å². The molecular weight excluding hydrogens is 194 g/mol. The summed E-state index contributed by atoms with van der Waals surface area (Å²) in [5.74, 6) is 0.916. The Hall–Kier alpha value is -1.35. The van der Waals surface area contributed by atoms with Crippen molar-refractivity contribution >= 4 is 11.5 Å². The molecule has 0 aliphatic heterocycles. The second kappa shape index (κ2) is 4.24. The first-order valence-corrected chi connectivity index (χ1v) is 5.30. The Labute approximate surface area is 87.5 Å². The van der Waals surface area contributed by atoms with Crippen molar-refractivity contribution in [3.8, 4) is 5.88 Å². The zero-order valence-electron chi connectivity index (χ0n) is 8.01. The van der Waals surface area contributed by atoms with Gasteiger partial charge in [-0.1, -0.05) is 30.3 Å². The third kappa shape index (κ3) is 2.12. The van der Waals surface area contributed by atoms with Crippen LogP contribution in [-0.4, -0.2) is 0 Å². The normalized spacial score (nSPS) is 10.1. The van der Waals surface area contributed by atoms with Gasteiger partial charge in [-0.25, -0.2) is 0 Å². The first-order valence-electron chi connectivity index (χ1n) is 4.47. The van der Waals surface area contributed by atoms with Crippen molar-refractivity contribution in [2.24, 2.45) is 7.05 Å². The van der Waals surface area contributed by atoms with Crippen LogP contribution in [0.4, 0.5) is 0 Å². The van der Waals surface area contributed by atoms with E-state index in [1.807, 2.05) is 40.6 Å². The van der Waals surface area contributed by atoms with Gasteiger partial charge in [0.1, 0.15) is 18.1 Å². The number of aromatic nitrogens is 1. The lowest BCUT2D eigenvalue weighted by Crippen LogP contribution is -2.24. The van der Waals surface area contributed by atoms with Gasteiger partial charge in [-0.3, -0.25) is 0 Å². The van der Waals surface area contributed by atoms with Gasteiger partial charge < -0.3 is 4.74 Å². The highest BCUT2D eigenvalue weighted by Crippen LogP contribution is 2.08. The highest BCUT2D eigenvalue weighted by Gasteiger charge is 2.08. The topological polar surface area (TPSA) is 13.1 Å². The summed E-state index contributed by atoms with van der Waals surface area (Å²) in [6.07, 6.45) is 0. The van der Waals surface area contributed by atoms with Crippen LogP contribution < -0.4 is 8.69 Å². The molecule has 1 aromatic carbocycles. The molecule has 72 valence electrons. The van der Waals surface area contributed by atoms with E-state index in [0.29, 0.717) is 6.61 Å². The molecule has 0 radical (unpaired) electrons. The third-order valence-electron chi connectivity index (χ3n) is 1.97. The predicted octanol–water partition coefficient (Wildman–Crippen LogP) is 2.15. The summed E-state index contributed by atoms with van der Waals surface area (Å²) in [5.41, 5.74) is 1.19. The van der Waals surface area contributed by atoms with Crippen molar-refractivity contribution in [1.82, 2.24) is 0 Å². The summed E-state index contributed by atoms with van der Waals surface area (Å²) < 4.78 is 7.64. The molecule has 14 heavy (non-hydrogen) atoms. The highest BCUT2D eigenvalue weighted by molar-refractivity contribution is 6.99. The third-order valence-corrected chi connectivity index (χ3v) is 2.72. The fourth-order valence-electron chi connectivity index (χ4n) is 1.21. The van der Waals surface area contributed by atoms with Crippen molar-refractivity contribution in [3.63, 3.8) is 0 Å². The monoisotopic (exact) mass is 206 g/mol. The van der Waals surface area contributed by atoms with Crippen molar-refractivity contribution in [1.29, 1.82) is 0 Å². The molecule has 2 aromatic rings. The molecular formula is C11H12NOS+. The molecule has 0 N–H and O–H groups in total. The van der Waals surface area contributed by atoms with Crippen LogP contribution in [0.25, 0.3) is 0 Å². The zero-order valence-corrected chi connectivity index (χ0v) is 8.83. The van der Waals surface area contributed by atoms with Gasteiger partial charge >= 0.3 is 5.88 Å². The number of benzene rings is 1. The van der Waals surface area contributed by atoms with Crippen LogP contribution in [0.2, 0.25) is 0 Å². The second-order valence-corrected chi connectivity index (χ2v) is 4.05. The minimum atomic E-state index is 0.630. The number of aryl methyl sites for hydroxylation is 1. The summed E-state index contributed by atoms with van der Waals surface area (Å²) in [5, 5.41) is 2.01. The Morgan fingerprint density at radius 2 is 2.00 bits per heavy atom. The lowest BCUT2D eigenvalue weighted by molar-refractivity contribution is -0.608. The van der Waals surface area contributed by atoms with Crippen LogP contribution in [0.5, 0.6) is 5.88 Å². The summed E-state index contributed by atoms with van der Waals surface area (Å²) >= 11 is 1.63. The molecule has 0 amide bonds. The van der Waals surface area contributed by atoms with E-state index in [9.17, 15) is 0 Å². The average molecular weight is 206 g/mol. The van der Waals surface area contributed by atoms with Gasteiger partial charge in [0.05, 0.1) is 11.4 Å².